The van der Waals surface area contributed by atoms with Crippen molar-refractivity contribution in [1.29, 1.82) is 0 Å². The topological polar surface area (TPSA) is 36.4 Å². The van der Waals surface area contributed by atoms with Crippen LogP contribution >= 0.6 is 23.2 Å². The standard InChI is InChI=1S/C31H27Cl2F2N3O/c32-25-15-20(5-8-27(25)34)19-7-10-29-23(14-19)24(17-30(36-29)21-6-9-28(35)26(33)16-21)31(39)38-13-3-4-22(38)18-37-11-1-2-12-37/h5-10,14-17,22H,1-4,11-13,18H2/t22-/m0/s1. The van der Waals surface area contributed by atoms with Gasteiger partial charge in [-0.3, -0.25) is 4.79 Å². The molecule has 3 aromatic carbocycles. The van der Waals surface area contributed by atoms with E-state index in [-0.39, 0.29) is 22.0 Å². The Bertz CT molecular complexity index is 1570. The first-order valence-corrected chi connectivity index (χ1v) is 14.0. The van der Waals surface area contributed by atoms with Gasteiger partial charge in [0.05, 0.1) is 26.8 Å². The van der Waals surface area contributed by atoms with E-state index in [1.807, 2.05) is 23.1 Å². The molecular weight excluding hydrogens is 539 g/mol. The van der Waals surface area contributed by atoms with Crippen LogP contribution in [0.25, 0.3) is 33.3 Å². The molecule has 1 amide bonds. The Hall–Kier alpha value is -3.06. The van der Waals surface area contributed by atoms with E-state index < -0.39 is 11.6 Å². The van der Waals surface area contributed by atoms with Crippen LogP contribution in [0.4, 0.5) is 8.78 Å². The highest BCUT2D eigenvalue weighted by molar-refractivity contribution is 6.31. The molecule has 0 radical (unpaired) electrons. The summed E-state index contributed by atoms with van der Waals surface area (Å²) in [5, 5.41) is 0.727. The molecule has 0 spiro atoms. The lowest BCUT2D eigenvalue weighted by Crippen LogP contribution is -2.42. The van der Waals surface area contributed by atoms with Gasteiger partial charge in [0.2, 0.25) is 0 Å². The van der Waals surface area contributed by atoms with Gasteiger partial charge in [0.1, 0.15) is 11.6 Å². The molecule has 0 unspecified atom stereocenters. The summed E-state index contributed by atoms with van der Waals surface area (Å²) >= 11 is 12.1. The number of rotatable bonds is 5. The summed E-state index contributed by atoms with van der Waals surface area (Å²) in [6, 6.07) is 16.6. The zero-order valence-corrected chi connectivity index (χ0v) is 22.8. The summed E-state index contributed by atoms with van der Waals surface area (Å²) in [7, 11) is 0. The molecule has 2 aliphatic rings. The van der Waals surface area contributed by atoms with Crippen LogP contribution in [-0.4, -0.2) is 52.9 Å². The molecule has 0 bridgehead atoms. The summed E-state index contributed by atoms with van der Waals surface area (Å²) in [5.74, 6) is -1.05. The number of carbonyl (C=O) groups is 1. The van der Waals surface area contributed by atoms with Gasteiger partial charge in [-0.2, -0.15) is 0 Å². The number of aromatic nitrogens is 1. The minimum atomic E-state index is -0.512. The van der Waals surface area contributed by atoms with Gasteiger partial charge < -0.3 is 9.80 Å². The third-order valence-corrected chi connectivity index (χ3v) is 8.39. The maximum atomic E-state index is 14.2. The monoisotopic (exact) mass is 565 g/mol. The number of hydrogen-bond acceptors (Lipinski definition) is 3. The number of hydrogen-bond donors (Lipinski definition) is 0. The van der Waals surface area contributed by atoms with Crippen LogP contribution in [0.1, 0.15) is 36.0 Å². The fourth-order valence-corrected chi connectivity index (χ4v) is 6.13. The van der Waals surface area contributed by atoms with Gasteiger partial charge in [0.25, 0.3) is 5.91 Å². The van der Waals surface area contributed by atoms with Gasteiger partial charge in [-0.25, -0.2) is 13.8 Å². The molecule has 8 heteroatoms. The number of nitrogens with zero attached hydrogens (tertiary/aromatic N) is 3. The molecule has 4 aromatic rings. The van der Waals surface area contributed by atoms with Crippen molar-refractivity contribution in [3.8, 4) is 22.4 Å². The summed E-state index contributed by atoms with van der Waals surface area (Å²) < 4.78 is 27.7. The number of carbonyl (C=O) groups excluding carboxylic acids is 1. The van der Waals surface area contributed by atoms with Crippen LogP contribution < -0.4 is 0 Å². The van der Waals surface area contributed by atoms with Crippen molar-refractivity contribution in [2.45, 2.75) is 31.7 Å². The molecule has 0 N–H and O–H groups in total. The maximum Gasteiger partial charge on any atom is 0.254 e. The molecule has 6 rings (SSSR count). The molecule has 200 valence electrons. The quantitative estimate of drug-likeness (QED) is 0.247. The molecule has 1 aromatic heterocycles. The smallest absolute Gasteiger partial charge is 0.254 e. The highest BCUT2D eigenvalue weighted by Crippen LogP contribution is 2.33. The van der Waals surface area contributed by atoms with E-state index in [1.165, 1.54) is 31.0 Å². The highest BCUT2D eigenvalue weighted by Gasteiger charge is 2.32. The molecule has 39 heavy (non-hydrogen) atoms. The second kappa shape index (κ2) is 10.8. The van der Waals surface area contributed by atoms with E-state index in [2.05, 4.69) is 4.90 Å². The number of likely N-dealkylation sites (tertiary alicyclic amines) is 2. The molecule has 0 saturated carbocycles. The van der Waals surface area contributed by atoms with E-state index >= 15 is 0 Å². The Balaban J connectivity index is 1.46. The van der Waals surface area contributed by atoms with Crippen LogP contribution in [0.2, 0.25) is 10.0 Å². The lowest BCUT2D eigenvalue weighted by Gasteiger charge is -2.29. The minimum absolute atomic E-state index is 0.00368. The van der Waals surface area contributed by atoms with Crippen molar-refractivity contribution in [3.05, 3.63) is 87.9 Å². The molecule has 4 nitrogen and oxygen atoms in total. The SMILES string of the molecule is O=C(c1cc(-c2ccc(F)c(Cl)c2)nc2ccc(-c3ccc(F)c(Cl)c3)cc12)N1CCC[C@H]1CN1CCCC1. The first kappa shape index (κ1) is 26.2. The molecule has 3 heterocycles. The lowest BCUT2D eigenvalue weighted by atomic mass is 9.98. The summed E-state index contributed by atoms with van der Waals surface area (Å²) in [6.07, 6.45) is 4.35. The van der Waals surface area contributed by atoms with Crippen LogP contribution in [0.3, 0.4) is 0 Å². The Morgan fingerprint density at radius 1 is 0.821 bits per heavy atom. The van der Waals surface area contributed by atoms with Crippen molar-refractivity contribution >= 4 is 40.0 Å². The van der Waals surface area contributed by atoms with Gasteiger partial charge in [0, 0.05) is 30.1 Å². The van der Waals surface area contributed by atoms with Crippen molar-refractivity contribution < 1.29 is 13.6 Å². The number of halogens is 4. The zero-order valence-electron chi connectivity index (χ0n) is 21.3. The van der Waals surface area contributed by atoms with Crippen LogP contribution in [0.5, 0.6) is 0 Å². The first-order valence-electron chi connectivity index (χ1n) is 13.3. The molecule has 2 aliphatic heterocycles. The van der Waals surface area contributed by atoms with Crippen molar-refractivity contribution in [3.63, 3.8) is 0 Å². The number of fused-ring (bicyclic) bond motifs is 1. The average molecular weight is 566 g/mol. The fourth-order valence-electron chi connectivity index (χ4n) is 5.77. The van der Waals surface area contributed by atoms with Gasteiger partial charge in [-0.05, 0) is 98.4 Å². The Morgan fingerprint density at radius 2 is 1.46 bits per heavy atom. The summed E-state index contributed by atoms with van der Waals surface area (Å²) in [5.41, 5.74) is 3.86. The van der Waals surface area contributed by atoms with Crippen LogP contribution in [-0.2, 0) is 0 Å². The number of pyridine rings is 1. The van der Waals surface area contributed by atoms with Crippen molar-refractivity contribution in [2.24, 2.45) is 0 Å². The van der Waals surface area contributed by atoms with Crippen LogP contribution in [0, 0.1) is 11.6 Å². The predicted molar refractivity (Wildman–Crippen MR) is 152 cm³/mol. The van der Waals surface area contributed by atoms with Crippen molar-refractivity contribution in [1.82, 2.24) is 14.8 Å². The third kappa shape index (κ3) is 5.25. The van der Waals surface area contributed by atoms with Gasteiger partial charge in [-0.15, -0.1) is 0 Å². The number of benzene rings is 3. The summed E-state index contributed by atoms with van der Waals surface area (Å²) in [6.45, 7) is 3.74. The maximum absolute atomic E-state index is 14.2. The lowest BCUT2D eigenvalue weighted by molar-refractivity contribution is 0.0710. The predicted octanol–water partition coefficient (Wildman–Crippen LogP) is 7.85. The van der Waals surface area contributed by atoms with E-state index in [0.717, 1.165) is 43.6 Å². The van der Waals surface area contributed by atoms with E-state index in [4.69, 9.17) is 28.2 Å². The third-order valence-electron chi connectivity index (χ3n) is 7.81. The zero-order chi connectivity index (χ0) is 27.1. The Morgan fingerprint density at radius 3 is 2.18 bits per heavy atom. The van der Waals surface area contributed by atoms with Gasteiger partial charge in [0.15, 0.2) is 0 Å². The second-order valence-corrected chi connectivity index (χ2v) is 11.2. The Labute approximate surface area is 236 Å². The largest absolute Gasteiger partial charge is 0.334 e. The average Bonchev–Trinajstić information content (AvgIpc) is 3.63. The number of amides is 1. The second-order valence-electron chi connectivity index (χ2n) is 10.3. The molecule has 1 atom stereocenters. The van der Waals surface area contributed by atoms with E-state index in [9.17, 15) is 13.6 Å². The van der Waals surface area contributed by atoms with E-state index in [0.29, 0.717) is 34.3 Å². The molecule has 0 aliphatic carbocycles. The molecule has 2 saturated heterocycles. The highest BCUT2D eigenvalue weighted by atomic mass is 35.5. The van der Waals surface area contributed by atoms with Gasteiger partial charge >= 0.3 is 0 Å². The van der Waals surface area contributed by atoms with E-state index in [1.54, 1.807) is 24.3 Å². The van der Waals surface area contributed by atoms with Crippen LogP contribution in [0.15, 0.2) is 60.7 Å². The minimum Gasteiger partial charge on any atom is -0.334 e. The fraction of sp³-hybridized carbons (Fsp3) is 0.290. The molecule has 2 fully saturated rings. The molecular formula is C31H27Cl2F2N3O. The Kier molecular flexibility index (Phi) is 7.27. The van der Waals surface area contributed by atoms with Gasteiger partial charge in [-0.1, -0.05) is 35.3 Å². The van der Waals surface area contributed by atoms with Crippen molar-refractivity contribution in [2.75, 3.05) is 26.2 Å². The normalized spacial score (nSPS) is 17.8. The summed E-state index contributed by atoms with van der Waals surface area (Å²) in [4.78, 5) is 23.5. The first-order chi connectivity index (χ1) is 18.9.